The van der Waals surface area contributed by atoms with Crippen LogP contribution in [0.3, 0.4) is 0 Å². The third-order valence-electron chi connectivity index (χ3n) is 9.24. The summed E-state index contributed by atoms with van der Waals surface area (Å²) in [6, 6.07) is 32.0. The minimum absolute atomic E-state index is 0.0272. The molecule has 2 heterocycles. The highest BCUT2D eigenvalue weighted by Crippen LogP contribution is 2.42. The first-order valence-electron chi connectivity index (χ1n) is 16.6. The maximum absolute atomic E-state index is 16.4. The van der Waals surface area contributed by atoms with Crippen LogP contribution in [0.15, 0.2) is 120 Å². The van der Waals surface area contributed by atoms with Crippen molar-refractivity contribution in [1.82, 2.24) is 9.55 Å². The zero-order valence-electron chi connectivity index (χ0n) is 28.6. The van der Waals surface area contributed by atoms with E-state index in [1.54, 1.807) is 51.5 Å². The van der Waals surface area contributed by atoms with Gasteiger partial charge in [-0.2, -0.15) is 4.98 Å². The smallest absolute Gasteiger partial charge is 0.349 e. The van der Waals surface area contributed by atoms with E-state index in [1.165, 1.54) is 6.20 Å². The minimum atomic E-state index is -1.90. The molecule has 5 aromatic rings. The van der Waals surface area contributed by atoms with Gasteiger partial charge in [0.25, 0.3) is 5.91 Å². The molecule has 6 rings (SSSR count). The quantitative estimate of drug-likeness (QED) is 0.169. The van der Waals surface area contributed by atoms with Crippen LogP contribution in [0.4, 0.5) is 10.2 Å². The number of alkyl halides is 1. The summed E-state index contributed by atoms with van der Waals surface area (Å²) in [6.07, 6.45) is -2.03. The first-order valence-corrected chi connectivity index (χ1v) is 16.6. The lowest BCUT2D eigenvalue weighted by molar-refractivity contribution is -0.0656. The van der Waals surface area contributed by atoms with Gasteiger partial charge in [-0.05, 0) is 60.0 Å². The number of aryl methyl sites for hydroxylation is 1. The predicted molar refractivity (Wildman–Crippen MR) is 190 cm³/mol. The molecule has 0 aliphatic carbocycles. The van der Waals surface area contributed by atoms with Gasteiger partial charge >= 0.3 is 5.69 Å². The SMILES string of the molecule is COc1ccc(C(OC[C@H]2COC[C@@H](n3cc(C)c(NC(=O)c4ccccc4)nc3=O)C(F)C2O)(c2ccccc2)c2ccc(OC)cc2)cc1. The van der Waals surface area contributed by atoms with E-state index in [9.17, 15) is 14.7 Å². The fourth-order valence-electron chi connectivity index (χ4n) is 6.40. The summed E-state index contributed by atoms with van der Waals surface area (Å²) in [5.74, 6) is 0.162. The summed E-state index contributed by atoms with van der Waals surface area (Å²) in [4.78, 5) is 30.0. The normalized spacial score (nSPS) is 19.2. The number of anilines is 1. The average Bonchev–Trinajstić information content (AvgIpc) is 3.31. The molecule has 1 saturated heterocycles. The van der Waals surface area contributed by atoms with Crippen LogP contribution in [-0.2, 0) is 15.1 Å². The van der Waals surface area contributed by atoms with Gasteiger partial charge in [0, 0.05) is 23.2 Å². The number of hydrogen-bond acceptors (Lipinski definition) is 8. The van der Waals surface area contributed by atoms with E-state index in [0.717, 1.165) is 21.3 Å². The number of methoxy groups -OCH3 is 2. The number of aliphatic hydroxyl groups excluding tert-OH is 1. The van der Waals surface area contributed by atoms with Crippen molar-refractivity contribution >= 4 is 11.7 Å². The van der Waals surface area contributed by atoms with Crippen LogP contribution in [0.1, 0.15) is 38.7 Å². The average molecular weight is 694 g/mol. The summed E-state index contributed by atoms with van der Waals surface area (Å²) < 4.78 is 41.2. The van der Waals surface area contributed by atoms with Gasteiger partial charge in [0.05, 0.1) is 46.2 Å². The van der Waals surface area contributed by atoms with Gasteiger partial charge in [-0.25, -0.2) is 9.18 Å². The fraction of sp³-hybridized carbons (Fsp3) is 0.275. The Balaban J connectivity index is 1.28. The Labute approximate surface area is 295 Å². The molecule has 51 heavy (non-hydrogen) atoms. The molecule has 0 bridgehead atoms. The number of benzene rings is 4. The van der Waals surface area contributed by atoms with E-state index in [2.05, 4.69) is 10.3 Å². The Bertz CT molecular complexity index is 1930. The number of rotatable bonds is 11. The van der Waals surface area contributed by atoms with Gasteiger partial charge in [-0.15, -0.1) is 0 Å². The van der Waals surface area contributed by atoms with E-state index in [0.29, 0.717) is 22.6 Å². The lowest BCUT2D eigenvalue weighted by Crippen LogP contribution is -2.43. The van der Waals surface area contributed by atoms with Crippen LogP contribution in [0, 0.1) is 12.8 Å². The molecule has 0 spiro atoms. The molecule has 4 atom stereocenters. The fourth-order valence-corrected chi connectivity index (χ4v) is 6.40. The van der Waals surface area contributed by atoms with Gasteiger partial charge in [0.15, 0.2) is 0 Å². The van der Waals surface area contributed by atoms with Crippen molar-refractivity contribution < 1.29 is 33.2 Å². The van der Waals surface area contributed by atoms with E-state index < -0.39 is 41.4 Å². The van der Waals surface area contributed by atoms with Crippen LogP contribution in [-0.4, -0.2) is 66.9 Å². The molecule has 1 aliphatic rings. The number of hydrogen-bond donors (Lipinski definition) is 2. The number of halogens is 1. The van der Waals surface area contributed by atoms with Crippen LogP contribution in [0.5, 0.6) is 11.5 Å². The number of aromatic nitrogens is 2. The topological polar surface area (TPSA) is 121 Å². The minimum Gasteiger partial charge on any atom is -0.497 e. The van der Waals surface area contributed by atoms with Crippen LogP contribution < -0.4 is 20.5 Å². The second-order valence-corrected chi connectivity index (χ2v) is 12.4. The monoisotopic (exact) mass is 693 g/mol. The van der Waals surface area contributed by atoms with Crippen molar-refractivity contribution in [3.63, 3.8) is 0 Å². The molecule has 264 valence electrons. The Morgan fingerprint density at radius 3 is 2.00 bits per heavy atom. The highest BCUT2D eigenvalue weighted by Gasteiger charge is 2.43. The molecule has 10 nitrogen and oxygen atoms in total. The van der Waals surface area contributed by atoms with Gasteiger partial charge in [-0.3, -0.25) is 9.36 Å². The number of nitrogens with zero attached hydrogens (tertiary/aromatic N) is 2. The molecule has 11 heteroatoms. The van der Waals surface area contributed by atoms with Gasteiger partial charge in [-0.1, -0.05) is 72.8 Å². The second kappa shape index (κ2) is 15.7. The summed E-state index contributed by atoms with van der Waals surface area (Å²) >= 11 is 0. The van der Waals surface area contributed by atoms with Crippen molar-refractivity contribution in [2.45, 2.75) is 30.8 Å². The first kappa shape index (κ1) is 35.5. The van der Waals surface area contributed by atoms with Crippen molar-refractivity contribution in [1.29, 1.82) is 0 Å². The van der Waals surface area contributed by atoms with Gasteiger partial charge in [0.2, 0.25) is 0 Å². The van der Waals surface area contributed by atoms with Crippen molar-refractivity contribution in [3.05, 3.63) is 154 Å². The largest absolute Gasteiger partial charge is 0.497 e. The lowest BCUT2D eigenvalue weighted by atomic mass is 9.79. The molecule has 1 aliphatic heterocycles. The number of amides is 1. The van der Waals surface area contributed by atoms with E-state index >= 15 is 4.39 Å². The summed E-state index contributed by atoms with van der Waals surface area (Å²) in [7, 11) is 3.19. The summed E-state index contributed by atoms with van der Waals surface area (Å²) in [5.41, 5.74) is 1.24. The first-order chi connectivity index (χ1) is 24.7. The Kier molecular flexibility index (Phi) is 10.9. The van der Waals surface area contributed by atoms with Crippen LogP contribution in [0.2, 0.25) is 0 Å². The zero-order valence-corrected chi connectivity index (χ0v) is 28.6. The van der Waals surface area contributed by atoms with E-state index in [4.69, 9.17) is 18.9 Å². The number of ether oxygens (including phenoxy) is 4. The molecule has 4 aromatic carbocycles. The lowest BCUT2D eigenvalue weighted by Gasteiger charge is -2.38. The molecular formula is C40H40FN3O7. The third kappa shape index (κ3) is 7.41. The summed E-state index contributed by atoms with van der Waals surface area (Å²) in [6.45, 7) is 1.34. The second-order valence-electron chi connectivity index (χ2n) is 12.4. The molecular weight excluding hydrogens is 653 g/mol. The molecule has 0 saturated carbocycles. The molecule has 2 unspecified atom stereocenters. The maximum Gasteiger partial charge on any atom is 0.349 e. The van der Waals surface area contributed by atoms with Crippen LogP contribution >= 0.6 is 0 Å². The summed E-state index contributed by atoms with van der Waals surface area (Å²) in [5, 5.41) is 14.1. The molecule has 0 radical (unpaired) electrons. The highest BCUT2D eigenvalue weighted by molar-refractivity contribution is 6.04. The van der Waals surface area contributed by atoms with Crippen LogP contribution in [0.25, 0.3) is 0 Å². The van der Waals surface area contributed by atoms with Crippen molar-refractivity contribution in [2.24, 2.45) is 5.92 Å². The molecule has 2 N–H and O–H groups in total. The number of nitrogens with one attached hydrogen (secondary N) is 1. The van der Waals surface area contributed by atoms with Crippen molar-refractivity contribution in [2.75, 3.05) is 39.4 Å². The van der Waals surface area contributed by atoms with E-state index in [1.807, 2.05) is 78.9 Å². The Morgan fingerprint density at radius 1 is 0.882 bits per heavy atom. The van der Waals surface area contributed by atoms with Gasteiger partial charge in [0.1, 0.15) is 29.1 Å². The Hall–Kier alpha value is -5.36. The maximum atomic E-state index is 16.4. The predicted octanol–water partition coefficient (Wildman–Crippen LogP) is 5.72. The molecule has 1 fully saturated rings. The molecule has 1 amide bonds. The zero-order chi connectivity index (χ0) is 36.0. The Morgan fingerprint density at radius 2 is 1.43 bits per heavy atom. The standard InChI is InChI=1S/C40H40FN3O7/c1-26-22-44(39(47)43-37(26)42-38(46)27-10-6-4-7-11-27)34-25-50-23-28(36(45)35(34)41)24-51-40(29-12-8-5-9-13-29,30-14-18-32(48-2)19-15-30)31-16-20-33(49-3)21-17-31/h4-22,28,34-36,45H,23-25H2,1-3H3,(H,42,43,46,47)/t28-,34-,35?,36?/m1/s1. The van der Waals surface area contributed by atoms with E-state index in [-0.39, 0.29) is 25.6 Å². The number of aliphatic hydroxyl groups is 1. The highest BCUT2D eigenvalue weighted by atomic mass is 19.1. The number of carbonyl (C=O) groups excluding carboxylic acids is 1. The van der Waals surface area contributed by atoms with Crippen molar-refractivity contribution in [3.8, 4) is 11.5 Å². The number of carbonyl (C=O) groups is 1. The third-order valence-corrected chi connectivity index (χ3v) is 9.24. The molecule has 1 aromatic heterocycles. The van der Waals surface area contributed by atoms with Gasteiger partial charge < -0.3 is 29.4 Å².